The van der Waals surface area contributed by atoms with E-state index in [2.05, 4.69) is 9.97 Å². The molecule has 106 valence electrons. The zero-order chi connectivity index (χ0) is 14.8. The molecule has 0 amide bonds. The fourth-order valence-corrected chi connectivity index (χ4v) is 2.22. The fourth-order valence-electron chi connectivity index (χ4n) is 2.22. The van der Waals surface area contributed by atoms with Gasteiger partial charge in [0.05, 0.1) is 23.7 Å². The van der Waals surface area contributed by atoms with Gasteiger partial charge in [-0.05, 0) is 35.9 Å². The molecule has 0 aliphatic heterocycles. The second-order valence-electron chi connectivity index (χ2n) is 4.75. The Balaban J connectivity index is 1.88. The fraction of sp³-hybridized carbons (Fsp3) is 0.125. The average molecular weight is 282 g/mol. The molecule has 0 atom stereocenters. The number of hydrogen-bond acceptors (Lipinski definition) is 3. The Hall–Kier alpha value is -2.82. The van der Waals surface area contributed by atoms with E-state index in [0.29, 0.717) is 6.42 Å². The first kappa shape index (κ1) is 13.2. The molecule has 3 rings (SSSR count). The number of nitrogens with one attached hydrogen (secondary N) is 1. The van der Waals surface area contributed by atoms with E-state index < -0.39 is 5.97 Å². The van der Waals surface area contributed by atoms with Gasteiger partial charge in [-0.3, -0.25) is 0 Å². The number of aromatic nitrogens is 2. The normalized spacial score (nSPS) is 10.7. The zero-order valence-corrected chi connectivity index (χ0v) is 11.5. The summed E-state index contributed by atoms with van der Waals surface area (Å²) in [6, 6.07) is 12.6. The number of hydrogen-bond donors (Lipinski definition) is 2. The van der Waals surface area contributed by atoms with Crippen LogP contribution in [-0.2, 0) is 6.42 Å². The highest BCUT2D eigenvalue weighted by Gasteiger charge is 2.08. The number of carboxylic acid groups (broad SMARTS) is 1. The number of aromatic amines is 1. The molecule has 1 aromatic heterocycles. The molecule has 21 heavy (non-hydrogen) atoms. The molecule has 0 radical (unpaired) electrons. The molecule has 0 aliphatic rings. The number of carboxylic acids is 1. The topological polar surface area (TPSA) is 75.2 Å². The van der Waals surface area contributed by atoms with E-state index in [1.165, 1.54) is 0 Å². The Bertz CT molecular complexity index is 791. The monoisotopic (exact) mass is 282 g/mol. The molecule has 0 saturated carbocycles. The van der Waals surface area contributed by atoms with Crippen LogP contribution < -0.4 is 4.74 Å². The number of benzene rings is 2. The molecule has 2 aromatic carbocycles. The number of H-pyrrole nitrogens is 1. The minimum Gasteiger partial charge on any atom is -0.497 e. The summed E-state index contributed by atoms with van der Waals surface area (Å²) in [5, 5.41) is 8.99. The number of carbonyl (C=O) groups is 1. The van der Waals surface area contributed by atoms with Gasteiger partial charge in [0.25, 0.3) is 0 Å². The van der Waals surface area contributed by atoms with Crippen molar-refractivity contribution in [1.82, 2.24) is 9.97 Å². The second kappa shape index (κ2) is 5.28. The Labute approximate surface area is 121 Å². The third kappa shape index (κ3) is 2.72. The van der Waals surface area contributed by atoms with Crippen LogP contribution in [0.3, 0.4) is 0 Å². The van der Waals surface area contributed by atoms with Crippen molar-refractivity contribution in [1.29, 1.82) is 0 Å². The zero-order valence-electron chi connectivity index (χ0n) is 11.5. The van der Waals surface area contributed by atoms with Gasteiger partial charge in [0.15, 0.2) is 0 Å². The van der Waals surface area contributed by atoms with E-state index in [1.807, 2.05) is 24.3 Å². The molecule has 5 nitrogen and oxygen atoms in total. The van der Waals surface area contributed by atoms with Crippen LogP contribution in [0.25, 0.3) is 11.0 Å². The number of rotatable bonds is 4. The van der Waals surface area contributed by atoms with Crippen molar-refractivity contribution in [3.63, 3.8) is 0 Å². The van der Waals surface area contributed by atoms with Gasteiger partial charge in [-0.1, -0.05) is 12.1 Å². The molecule has 0 spiro atoms. The van der Waals surface area contributed by atoms with E-state index >= 15 is 0 Å². The standard InChI is InChI=1S/C16H14N2O3/c1-21-12-5-2-10(3-6-12)8-15-17-13-7-4-11(16(19)20)9-14(13)18-15/h2-7,9H,8H2,1H3,(H,17,18)(H,19,20). The van der Waals surface area contributed by atoms with Crippen LogP contribution in [0.15, 0.2) is 42.5 Å². The molecule has 2 N–H and O–H groups in total. The van der Waals surface area contributed by atoms with Crippen molar-refractivity contribution < 1.29 is 14.6 Å². The predicted octanol–water partition coefficient (Wildman–Crippen LogP) is 2.86. The van der Waals surface area contributed by atoms with Crippen molar-refractivity contribution >= 4 is 17.0 Å². The Kier molecular flexibility index (Phi) is 3.31. The summed E-state index contributed by atoms with van der Waals surface area (Å²) in [6.07, 6.45) is 0.654. The minimum atomic E-state index is -0.941. The van der Waals surface area contributed by atoms with Gasteiger partial charge in [-0.15, -0.1) is 0 Å². The van der Waals surface area contributed by atoms with Crippen LogP contribution in [0.2, 0.25) is 0 Å². The lowest BCUT2D eigenvalue weighted by Gasteiger charge is -2.01. The van der Waals surface area contributed by atoms with Gasteiger partial charge in [0, 0.05) is 6.42 Å². The van der Waals surface area contributed by atoms with Crippen LogP contribution in [0.4, 0.5) is 0 Å². The van der Waals surface area contributed by atoms with E-state index in [4.69, 9.17) is 9.84 Å². The van der Waals surface area contributed by atoms with Gasteiger partial charge in [-0.25, -0.2) is 9.78 Å². The maximum absolute atomic E-state index is 11.0. The molecule has 3 aromatic rings. The highest BCUT2D eigenvalue weighted by molar-refractivity contribution is 5.92. The summed E-state index contributed by atoms with van der Waals surface area (Å²) in [4.78, 5) is 18.6. The van der Waals surface area contributed by atoms with E-state index in [-0.39, 0.29) is 5.56 Å². The number of imidazole rings is 1. The Morgan fingerprint density at radius 2 is 2.00 bits per heavy atom. The average Bonchev–Trinajstić information content (AvgIpc) is 2.89. The smallest absolute Gasteiger partial charge is 0.335 e. The van der Waals surface area contributed by atoms with Gasteiger partial charge < -0.3 is 14.8 Å². The maximum atomic E-state index is 11.0. The number of methoxy groups -OCH3 is 1. The number of ether oxygens (including phenoxy) is 1. The second-order valence-corrected chi connectivity index (χ2v) is 4.75. The molecule has 5 heteroatoms. The van der Waals surface area contributed by atoms with Crippen LogP contribution in [0.1, 0.15) is 21.7 Å². The molecular formula is C16H14N2O3. The van der Waals surface area contributed by atoms with Gasteiger partial charge in [-0.2, -0.15) is 0 Å². The summed E-state index contributed by atoms with van der Waals surface area (Å²) in [5.74, 6) is 0.676. The molecule has 1 heterocycles. The van der Waals surface area contributed by atoms with Crippen LogP contribution in [-0.4, -0.2) is 28.2 Å². The van der Waals surface area contributed by atoms with Gasteiger partial charge >= 0.3 is 5.97 Å². The molecule has 0 bridgehead atoms. The van der Waals surface area contributed by atoms with Crippen molar-refractivity contribution in [3.8, 4) is 5.75 Å². The van der Waals surface area contributed by atoms with E-state index in [9.17, 15) is 4.79 Å². The molecule has 0 fully saturated rings. The first-order chi connectivity index (χ1) is 10.2. The highest BCUT2D eigenvalue weighted by Crippen LogP contribution is 2.17. The van der Waals surface area contributed by atoms with Gasteiger partial charge in [0.2, 0.25) is 0 Å². The molecule has 0 saturated heterocycles. The Morgan fingerprint density at radius 3 is 2.67 bits per heavy atom. The lowest BCUT2D eigenvalue weighted by molar-refractivity contribution is 0.0697. The summed E-state index contributed by atoms with van der Waals surface area (Å²) in [5.41, 5.74) is 2.86. The van der Waals surface area contributed by atoms with E-state index in [1.54, 1.807) is 25.3 Å². The largest absolute Gasteiger partial charge is 0.497 e. The predicted molar refractivity (Wildman–Crippen MR) is 78.9 cm³/mol. The summed E-state index contributed by atoms with van der Waals surface area (Å²) in [7, 11) is 1.63. The first-order valence-electron chi connectivity index (χ1n) is 6.50. The quantitative estimate of drug-likeness (QED) is 0.771. The molecule has 0 unspecified atom stereocenters. The Morgan fingerprint density at radius 1 is 1.24 bits per heavy atom. The number of nitrogens with zero attached hydrogens (tertiary/aromatic N) is 1. The summed E-state index contributed by atoms with van der Waals surface area (Å²) < 4.78 is 5.12. The van der Waals surface area contributed by atoms with E-state index in [0.717, 1.165) is 28.2 Å². The maximum Gasteiger partial charge on any atom is 0.335 e. The van der Waals surface area contributed by atoms with Crippen molar-refractivity contribution in [2.24, 2.45) is 0 Å². The third-order valence-electron chi connectivity index (χ3n) is 3.31. The van der Waals surface area contributed by atoms with Crippen LogP contribution in [0, 0.1) is 0 Å². The third-order valence-corrected chi connectivity index (χ3v) is 3.31. The lowest BCUT2D eigenvalue weighted by atomic mass is 10.1. The highest BCUT2D eigenvalue weighted by atomic mass is 16.5. The molecular weight excluding hydrogens is 268 g/mol. The first-order valence-corrected chi connectivity index (χ1v) is 6.50. The number of aromatic carboxylic acids is 1. The molecule has 0 aliphatic carbocycles. The summed E-state index contributed by atoms with van der Waals surface area (Å²) in [6.45, 7) is 0. The van der Waals surface area contributed by atoms with Crippen molar-refractivity contribution in [2.75, 3.05) is 7.11 Å². The summed E-state index contributed by atoms with van der Waals surface area (Å²) >= 11 is 0. The van der Waals surface area contributed by atoms with Gasteiger partial charge in [0.1, 0.15) is 11.6 Å². The lowest BCUT2D eigenvalue weighted by Crippen LogP contribution is -1.94. The van der Waals surface area contributed by atoms with Crippen LogP contribution >= 0.6 is 0 Å². The van der Waals surface area contributed by atoms with Crippen LogP contribution in [0.5, 0.6) is 5.75 Å². The SMILES string of the molecule is COc1ccc(Cc2nc3ccc(C(=O)O)cc3[nH]2)cc1. The minimum absolute atomic E-state index is 0.252. The number of fused-ring (bicyclic) bond motifs is 1. The van der Waals surface area contributed by atoms with Crippen molar-refractivity contribution in [2.45, 2.75) is 6.42 Å². The van der Waals surface area contributed by atoms with Crippen molar-refractivity contribution in [3.05, 3.63) is 59.4 Å².